The van der Waals surface area contributed by atoms with Crippen LogP contribution in [0.4, 0.5) is 0 Å². The van der Waals surface area contributed by atoms with Crippen molar-refractivity contribution in [2.24, 2.45) is 0 Å². The van der Waals surface area contributed by atoms with Crippen molar-refractivity contribution in [3.8, 4) is 5.75 Å². The van der Waals surface area contributed by atoms with Crippen molar-refractivity contribution in [3.63, 3.8) is 0 Å². The topological polar surface area (TPSA) is 73.2 Å². The Morgan fingerprint density at radius 2 is 2.00 bits per heavy atom. The molecule has 1 amide bonds. The molecule has 0 bridgehead atoms. The van der Waals surface area contributed by atoms with E-state index in [4.69, 9.17) is 21.3 Å². The lowest BCUT2D eigenvalue weighted by Gasteiger charge is -2.16. The number of nitrogens with one attached hydrogen (secondary N) is 1. The van der Waals surface area contributed by atoms with Gasteiger partial charge in [-0.25, -0.2) is 4.98 Å². The normalized spacial score (nSPS) is 13.9. The quantitative estimate of drug-likeness (QED) is 0.627. The summed E-state index contributed by atoms with van der Waals surface area (Å²) in [6.45, 7) is 1.39. The Bertz CT molecular complexity index is 1130. The number of fused-ring (bicyclic) bond motifs is 2. The lowest BCUT2D eigenvalue weighted by Crippen LogP contribution is -2.29. The molecule has 1 N–H and O–H groups in total. The third-order valence-electron chi connectivity index (χ3n) is 5.28. The van der Waals surface area contributed by atoms with E-state index in [0.29, 0.717) is 46.9 Å². The van der Waals surface area contributed by atoms with Crippen molar-refractivity contribution in [1.29, 1.82) is 0 Å². The Kier molecular flexibility index (Phi) is 6.33. The van der Waals surface area contributed by atoms with Crippen molar-refractivity contribution >= 4 is 28.4 Å². The maximum atomic E-state index is 12.9. The van der Waals surface area contributed by atoms with Gasteiger partial charge in [0, 0.05) is 23.6 Å². The van der Waals surface area contributed by atoms with Crippen LogP contribution < -0.4 is 15.6 Å². The maximum absolute atomic E-state index is 12.9. The van der Waals surface area contributed by atoms with Gasteiger partial charge in [0.1, 0.15) is 18.2 Å². The number of hydrogen-bond acceptors (Lipinski definition) is 4. The second kappa shape index (κ2) is 9.30. The van der Waals surface area contributed by atoms with Crippen molar-refractivity contribution in [1.82, 2.24) is 14.9 Å². The van der Waals surface area contributed by atoms with Gasteiger partial charge in [-0.2, -0.15) is 0 Å². The van der Waals surface area contributed by atoms with E-state index in [1.54, 1.807) is 34.9 Å². The van der Waals surface area contributed by atoms with Gasteiger partial charge in [0.2, 0.25) is 0 Å². The van der Waals surface area contributed by atoms with Crippen molar-refractivity contribution in [3.05, 3.63) is 69.2 Å². The van der Waals surface area contributed by atoms with Crippen LogP contribution in [0.2, 0.25) is 5.02 Å². The largest absolute Gasteiger partial charge is 0.492 e. The highest BCUT2D eigenvalue weighted by Gasteiger charge is 2.14. The first-order valence-electron chi connectivity index (χ1n) is 10.3. The summed E-state index contributed by atoms with van der Waals surface area (Å²) in [5.74, 6) is 1.25. The number of carbonyl (C=O) groups excluding carboxylic acids is 1. The van der Waals surface area contributed by atoms with Gasteiger partial charge in [0.25, 0.3) is 11.5 Å². The molecule has 1 aliphatic heterocycles. The van der Waals surface area contributed by atoms with Crippen LogP contribution in [0, 0.1) is 0 Å². The van der Waals surface area contributed by atoms with Crippen LogP contribution in [0.15, 0.2) is 47.3 Å². The molecule has 0 atom stereocenters. The number of rotatable bonds is 5. The minimum atomic E-state index is -0.222. The molecule has 6 nitrogen and oxygen atoms in total. The molecule has 4 rings (SSSR count). The molecule has 2 aromatic carbocycles. The van der Waals surface area contributed by atoms with Gasteiger partial charge in [0.05, 0.1) is 17.4 Å². The minimum Gasteiger partial charge on any atom is -0.492 e. The second-order valence-corrected chi connectivity index (χ2v) is 7.88. The van der Waals surface area contributed by atoms with Crippen LogP contribution in [-0.4, -0.2) is 28.6 Å². The first-order chi connectivity index (χ1) is 14.6. The Hall–Kier alpha value is -2.86. The predicted molar refractivity (Wildman–Crippen MR) is 117 cm³/mol. The molecule has 156 valence electrons. The van der Waals surface area contributed by atoms with Gasteiger partial charge in [0.15, 0.2) is 0 Å². The van der Waals surface area contributed by atoms with Crippen LogP contribution in [0.1, 0.15) is 41.9 Å². The lowest BCUT2D eigenvalue weighted by molar-refractivity contribution is 0.0947. The van der Waals surface area contributed by atoms with Gasteiger partial charge >= 0.3 is 0 Å². The monoisotopic (exact) mass is 425 g/mol. The highest BCUT2D eigenvalue weighted by atomic mass is 35.5. The van der Waals surface area contributed by atoms with E-state index < -0.39 is 0 Å². The van der Waals surface area contributed by atoms with Gasteiger partial charge in [-0.1, -0.05) is 30.5 Å². The van der Waals surface area contributed by atoms with Crippen molar-refractivity contribution < 1.29 is 9.53 Å². The van der Waals surface area contributed by atoms with Crippen molar-refractivity contribution in [2.75, 3.05) is 13.2 Å². The summed E-state index contributed by atoms with van der Waals surface area (Å²) in [6, 6.07) is 12.2. The maximum Gasteiger partial charge on any atom is 0.261 e. The van der Waals surface area contributed by atoms with Crippen LogP contribution in [-0.2, 0) is 13.0 Å². The third kappa shape index (κ3) is 4.65. The van der Waals surface area contributed by atoms with E-state index in [1.165, 1.54) is 0 Å². The molecule has 1 aliphatic rings. The number of nitrogens with zero attached hydrogens (tertiary/aromatic N) is 2. The number of carbonyl (C=O) groups is 1. The highest BCUT2D eigenvalue weighted by molar-refractivity contribution is 6.30. The fourth-order valence-corrected chi connectivity index (χ4v) is 3.91. The van der Waals surface area contributed by atoms with Gasteiger partial charge in [-0.05, 0) is 49.2 Å². The number of amides is 1. The second-order valence-electron chi connectivity index (χ2n) is 7.44. The fourth-order valence-electron chi connectivity index (χ4n) is 3.73. The molecule has 0 aliphatic carbocycles. The Morgan fingerprint density at radius 3 is 2.87 bits per heavy atom. The van der Waals surface area contributed by atoms with E-state index >= 15 is 0 Å². The van der Waals surface area contributed by atoms with E-state index in [9.17, 15) is 9.59 Å². The first-order valence-corrected chi connectivity index (χ1v) is 10.7. The molecule has 1 aromatic heterocycles. The van der Waals surface area contributed by atoms with Crippen LogP contribution in [0.5, 0.6) is 5.75 Å². The first kappa shape index (κ1) is 20.4. The fraction of sp³-hybridized carbons (Fsp3) is 0.348. The van der Waals surface area contributed by atoms with E-state index in [2.05, 4.69) is 5.32 Å². The number of benzene rings is 2. The summed E-state index contributed by atoms with van der Waals surface area (Å²) >= 11 is 5.93. The summed E-state index contributed by atoms with van der Waals surface area (Å²) in [4.78, 5) is 30.1. The zero-order valence-electron chi connectivity index (χ0n) is 16.7. The molecular weight excluding hydrogens is 402 g/mol. The molecule has 2 heterocycles. The minimum absolute atomic E-state index is 0.0150. The van der Waals surface area contributed by atoms with E-state index in [1.807, 2.05) is 12.1 Å². The Balaban J connectivity index is 1.45. The van der Waals surface area contributed by atoms with Gasteiger partial charge < -0.3 is 10.1 Å². The summed E-state index contributed by atoms with van der Waals surface area (Å²) in [5, 5.41) is 3.99. The standard InChI is InChI=1S/C23H24ClN3O3/c24-17-6-5-7-18(15-17)30-13-11-25-22(28)16-9-10-19-20(14-16)26-21-8-3-1-2-4-12-27(21)23(19)29/h5-7,9-10,14-15H,1-4,8,11-13H2,(H,25,28). The zero-order valence-corrected chi connectivity index (χ0v) is 17.5. The molecule has 0 radical (unpaired) electrons. The molecule has 0 fully saturated rings. The molecule has 0 spiro atoms. The third-order valence-corrected chi connectivity index (χ3v) is 5.52. The number of hydrogen-bond donors (Lipinski definition) is 1. The van der Waals surface area contributed by atoms with Crippen LogP contribution >= 0.6 is 11.6 Å². The Labute approximate surface area is 179 Å². The summed E-state index contributed by atoms with van der Waals surface area (Å²) in [5.41, 5.74) is 1.04. The SMILES string of the molecule is O=C(NCCOc1cccc(Cl)c1)c1ccc2c(=O)n3c(nc2c1)CCCCCC3. The molecule has 0 saturated carbocycles. The van der Waals surface area contributed by atoms with Gasteiger partial charge in [-0.15, -0.1) is 0 Å². The lowest BCUT2D eigenvalue weighted by atomic mass is 10.1. The average Bonchev–Trinajstić information content (AvgIpc) is 2.72. The molecule has 0 unspecified atom stereocenters. The van der Waals surface area contributed by atoms with Crippen LogP contribution in [0.3, 0.4) is 0 Å². The molecule has 7 heteroatoms. The van der Waals surface area contributed by atoms with Gasteiger partial charge in [-0.3, -0.25) is 14.2 Å². The Morgan fingerprint density at radius 1 is 1.13 bits per heavy atom. The highest BCUT2D eigenvalue weighted by Crippen LogP contribution is 2.18. The average molecular weight is 426 g/mol. The predicted octanol–water partition coefficient (Wildman–Crippen LogP) is 3.98. The van der Waals surface area contributed by atoms with Crippen LogP contribution in [0.25, 0.3) is 10.9 Å². The smallest absolute Gasteiger partial charge is 0.261 e. The number of ether oxygens (including phenoxy) is 1. The summed E-state index contributed by atoms with van der Waals surface area (Å²) in [6.07, 6.45) is 5.13. The molecule has 30 heavy (non-hydrogen) atoms. The summed E-state index contributed by atoms with van der Waals surface area (Å²) in [7, 11) is 0. The van der Waals surface area contributed by atoms with Crippen molar-refractivity contribution in [2.45, 2.75) is 38.6 Å². The zero-order chi connectivity index (χ0) is 20.9. The number of halogens is 1. The molecular formula is C23H24ClN3O3. The van der Waals surface area contributed by atoms with E-state index in [0.717, 1.165) is 37.9 Å². The number of aromatic nitrogens is 2. The molecule has 0 saturated heterocycles. The summed E-state index contributed by atoms with van der Waals surface area (Å²) < 4.78 is 7.39. The number of aryl methyl sites for hydroxylation is 1. The molecule has 3 aromatic rings. The van der Waals surface area contributed by atoms with E-state index in [-0.39, 0.29) is 11.5 Å².